The van der Waals surface area contributed by atoms with E-state index >= 15 is 0 Å². The van der Waals surface area contributed by atoms with Crippen molar-refractivity contribution >= 4 is 5.96 Å². The third-order valence-electron chi connectivity index (χ3n) is 3.13. The number of aliphatic imine (C=N–C) groups is 1. The minimum atomic E-state index is 0.776. The lowest BCUT2D eigenvalue weighted by molar-refractivity contribution is 0.317. The topological polar surface area (TPSA) is 45.6 Å². The number of nitrogens with zero attached hydrogens (tertiary/aromatic N) is 1. The van der Waals surface area contributed by atoms with Crippen LogP contribution >= 0.6 is 0 Å². The molecule has 1 aliphatic heterocycles. The molecule has 1 aromatic carbocycles. The molecule has 104 valence electrons. The number of hydrogen-bond donors (Lipinski definition) is 2. The zero-order chi connectivity index (χ0) is 13.5. The molecule has 2 rings (SSSR count). The Morgan fingerprint density at radius 2 is 2.32 bits per heavy atom. The van der Waals surface area contributed by atoms with Gasteiger partial charge in [-0.1, -0.05) is 13.0 Å². The summed E-state index contributed by atoms with van der Waals surface area (Å²) >= 11 is 0. The number of rotatable bonds is 5. The molecule has 4 nitrogen and oxygen atoms in total. The van der Waals surface area contributed by atoms with Crippen molar-refractivity contribution in [2.45, 2.75) is 33.2 Å². The molecule has 0 saturated carbocycles. The first kappa shape index (κ1) is 13.7. The smallest absolute Gasteiger partial charge is 0.191 e. The largest absolute Gasteiger partial charge is 0.494 e. The molecule has 1 aromatic rings. The fraction of sp³-hybridized carbons (Fsp3) is 0.533. The summed E-state index contributed by atoms with van der Waals surface area (Å²) in [6.07, 6.45) is 2.15. The maximum atomic E-state index is 5.63. The predicted octanol–water partition coefficient (Wildman–Crippen LogP) is 2.22. The first-order valence-corrected chi connectivity index (χ1v) is 7.04. The Hall–Kier alpha value is -1.71. The first-order valence-electron chi connectivity index (χ1n) is 7.04. The lowest BCUT2D eigenvalue weighted by Crippen LogP contribution is -2.40. The van der Waals surface area contributed by atoms with Crippen LogP contribution in [0.25, 0.3) is 0 Å². The zero-order valence-electron chi connectivity index (χ0n) is 11.8. The second-order valence-corrected chi connectivity index (χ2v) is 4.80. The van der Waals surface area contributed by atoms with Gasteiger partial charge in [0.15, 0.2) is 5.96 Å². The van der Waals surface area contributed by atoms with Crippen molar-refractivity contribution in [1.29, 1.82) is 0 Å². The Morgan fingerprint density at radius 3 is 3.00 bits per heavy atom. The SMILES string of the molecule is CCCOc1ccc(CNC2=NCCCN2)c(C)c1. The quantitative estimate of drug-likeness (QED) is 0.854. The fourth-order valence-corrected chi connectivity index (χ4v) is 2.01. The molecular weight excluding hydrogens is 238 g/mol. The highest BCUT2D eigenvalue weighted by molar-refractivity contribution is 5.80. The van der Waals surface area contributed by atoms with Gasteiger partial charge in [-0.05, 0) is 43.0 Å². The Kier molecular flexibility index (Phi) is 5.07. The van der Waals surface area contributed by atoms with Gasteiger partial charge in [-0.15, -0.1) is 0 Å². The summed E-state index contributed by atoms with van der Waals surface area (Å²) < 4.78 is 5.63. The van der Waals surface area contributed by atoms with Crippen LogP contribution in [0.2, 0.25) is 0 Å². The van der Waals surface area contributed by atoms with E-state index in [0.29, 0.717) is 0 Å². The average Bonchev–Trinajstić information content (AvgIpc) is 2.45. The molecule has 0 atom stereocenters. The van der Waals surface area contributed by atoms with Gasteiger partial charge in [-0.3, -0.25) is 4.99 Å². The van der Waals surface area contributed by atoms with Gasteiger partial charge in [0, 0.05) is 19.6 Å². The zero-order valence-corrected chi connectivity index (χ0v) is 11.8. The van der Waals surface area contributed by atoms with Crippen molar-refractivity contribution < 1.29 is 4.74 Å². The van der Waals surface area contributed by atoms with Crippen molar-refractivity contribution in [1.82, 2.24) is 10.6 Å². The van der Waals surface area contributed by atoms with Crippen LogP contribution in [-0.2, 0) is 6.54 Å². The third-order valence-corrected chi connectivity index (χ3v) is 3.13. The van der Waals surface area contributed by atoms with Crippen LogP contribution < -0.4 is 15.4 Å². The molecule has 0 fully saturated rings. The summed E-state index contributed by atoms with van der Waals surface area (Å²) in [7, 11) is 0. The number of ether oxygens (including phenoxy) is 1. The Labute approximate surface area is 115 Å². The molecule has 0 bridgehead atoms. The summed E-state index contributed by atoms with van der Waals surface area (Å²) in [6, 6.07) is 6.26. The first-order chi connectivity index (χ1) is 9.29. The van der Waals surface area contributed by atoms with E-state index in [4.69, 9.17) is 4.74 Å². The monoisotopic (exact) mass is 261 g/mol. The van der Waals surface area contributed by atoms with E-state index in [2.05, 4.69) is 41.6 Å². The summed E-state index contributed by atoms with van der Waals surface area (Å²) in [6.45, 7) is 7.73. The highest BCUT2D eigenvalue weighted by Crippen LogP contribution is 2.17. The van der Waals surface area contributed by atoms with E-state index < -0.39 is 0 Å². The highest BCUT2D eigenvalue weighted by Gasteiger charge is 2.05. The standard InChI is InChI=1S/C15H23N3O/c1-3-9-19-14-6-5-13(12(2)10-14)11-18-15-16-7-4-8-17-15/h5-6,10H,3-4,7-9,11H2,1-2H3,(H2,16,17,18). The minimum Gasteiger partial charge on any atom is -0.494 e. The summed E-state index contributed by atoms with van der Waals surface area (Å²) in [5.74, 6) is 1.87. The van der Waals surface area contributed by atoms with Crippen molar-refractivity contribution in [3.05, 3.63) is 29.3 Å². The molecule has 0 aliphatic carbocycles. The van der Waals surface area contributed by atoms with Gasteiger partial charge >= 0.3 is 0 Å². The molecule has 0 aromatic heterocycles. The summed E-state index contributed by atoms with van der Waals surface area (Å²) in [5.41, 5.74) is 2.52. The van der Waals surface area contributed by atoms with Gasteiger partial charge in [0.2, 0.25) is 0 Å². The molecular formula is C15H23N3O. The van der Waals surface area contributed by atoms with Crippen LogP contribution in [0.15, 0.2) is 23.2 Å². The second-order valence-electron chi connectivity index (χ2n) is 4.80. The highest BCUT2D eigenvalue weighted by atomic mass is 16.5. The maximum absolute atomic E-state index is 5.63. The number of aryl methyl sites for hydroxylation is 1. The van der Waals surface area contributed by atoms with E-state index in [0.717, 1.165) is 50.8 Å². The van der Waals surface area contributed by atoms with Gasteiger partial charge < -0.3 is 15.4 Å². The molecule has 0 amide bonds. The average molecular weight is 261 g/mol. The fourth-order valence-electron chi connectivity index (χ4n) is 2.01. The molecule has 1 heterocycles. The lowest BCUT2D eigenvalue weighted by atomic mass is 10.1. The predicted molar refractivity (Wildman–Crippen MR) is 78.7 cm³/mol. The van der Waals surface area contributed by atoms with E-state index in [1.54, 1.807) is 0 Å². The molecule has 0 unspecified atom stereocenters. The van der Waals surface area contributed by atoms with E-state index in [1.807, 2.05) is 6.07 Å². The van der Waals surface area contributed by atoms with Gasteiger partial charge in [0.1, 0.15) is 5.75 Å². The molecule has 2 N–H and O–H groups in total. The van der Waals surface area contributed by atoms with E-state index in [-0.39, 0.29) is 0 Å². The Morgan fingerprint density at radius 1 is 1.42 bits per heavy atom. The van der Waals surface area contributed by atoms with E-state index in [9.17, 15) is 0 Å². The van der Waals surface area contributed by atoms with E-state index in [1.165, 1.54) is 11.1 Å². The summed E-state index contributed by atoms with van der Waals surface area (Å²) in [5, 5.41) is 6.60. The van der Waals surface area contributed by atoms with Crippen molar-refractivity contribution in [2.24, 2.45) is 4.99 Å². The number of nitrogens with one attached hydrogen (secondary N) is 2. The van der Waals surface area contributed by atoms with Gasteiger partial charge in [-0.25, -0.2) is 0 Å². The molecule has 1 aliphatic rings. The van der Waals surface area contributed by atoms with Crippen molar-refractivity contribution in [2.75, 3.05) is 19.7 Å². The molecule has 19 heavy (non-hydrogen) atoms. The van der Waals surface area contributed by atoms with Crippen LogP contribution in [0.1, 0.15) is 30.9 Å². The van der Waals surface area contributed by atoms with Crippen molar-refractivity contribution in [3.63, 3.8) is 0 Å². The number of benzene rings is 1. The van der Waals surface area contributed by atoms with Crippen LogP contribution in [0.4, 0.5) is 0 Å². The molecule has 0 saturated heterocycles. The minimum absolute atomic E-state index is 0.776. The Balaban J connectivity index is 1.91. The van der Waals surface area contributed by atoms with Crippen LogP contribution in [-0.4, -0.2) is 25.7 Å². The lowest BCUT2D eigenvalue weighted by Gasteiger charge is -2.17. The summed E-state index contributed by atoms with van der Waals surface area (Å²) in [4.78, 5) is 4.40. The third kappa shape index (κ3) is 4.16. The second kappa shape index (κ2) is 7.02. The van der Waals surface area contributed by atoms with Crippen LogP contribution in [0.3, 0.4) is 0 Å². The van der Waals surface area contributed by atoms with Crippen LogP contribution in [0, 0.1) is 6.92 Å². The van der Waals surface area contributed by atoms with Gasteiger partial charge in [0.25, 0.3) is 0 Å². The maximum Gasteiger partial charge on any atom is 0.191 e. The normalized spacial score (nSPS) is 14.5. The molecule has 0 spiro atoms. The Bertz CT molecular complexity index is 443. The van der Waals surface area contributed by atoms with Gasteiger partial charge in [0.05, 0.1) is 6.61 Å². The molecule has 4 heteroatoms. The molecule has 0 radical (unpaired) electrons. The van der Waals surface area contributed by atoms with Crippen LogP contribution in [0.5, 0.6) is 5.75 Å². The van der Waals surface area contributed by atoms with Gasteiger partial charge in [-0.2, -0.15) is 0 Å². The number of guanidine groups is 1. The van der Waals surface area contributed by atoms with Crippen molar-refractivity contribution in [3.8, 4) is 5.75 Å². The number of hydrogen-bond acceptors (Lipinski definition) is 4.